The highest BCUT2D eigenvalue weighted by molar-refractivity contribution is 6.62. The van der Waals surface area contributed by atoms with E-state index in [1.165, 1.54) is 16.7 Å². The summed E-state index contributed by atoms with van der Waals surface area (Å²) in [6.45, 7) is 27.5. The molecule has 18 nitrogen and oxygen atoms in total. The summed E-state index contributed by atoms with van der Waals surface area (Å²) in [5.41, 5.74) is 8.23. The number of carbonyl (C=O) groups excluding carboxylic acids is 2. The van der Waals surface area contributed by atoms with Gasteiger partial charge in [-0.15, -0.1) is 0 Å². The van der Waals surface area contributed by atoms with E-state index in [2.05, 4.69) is 119 Å². The summed E-state index contributed by atoms with van der Waals surface area (Å²) in [6, 6.07) is 16.1. The standard InChI is InChI=1S/C25H32N6O2.C23H36BNO4.C8H8ClN5.CH4/c1-17-12-19(22-10-11-26-24(29-22)28-20-13-27-30(5)14-20)7-6-18(17)8-9-23(32)31-15-21(16-31)33-25(2,3)4;1-16-13-18(24-28-22(5,6)23(7,8)29-24)11-9-17(16)10-12-20(26)25-14-19(15-25)27-21(2,3)4;1-14-5-6(4-11-14)12-8-10-3-2-7(9)13-8;/h6-7,10-14,21H,8-9,15-16H2,1-5H3,(H,26,28,29);9,11,13,19H,10,12,14-15H2,1-8H3;2-5H,1H3,(H,10,12,13);1H4. The van der Waals surface area contributed by atoms with Crippen LogP contribution in [-0.2, 0) is 55.3 Å². The molecular formula is C57H80BClN12O6. The third-order valence-electron chi connectivity index (χ3n) is 13.4. The van der Waals surface area contributed by atoms with E-state index in [1.54, 1.807) is 40.2 Å². The molecule has 77 heavy (non-hydrogen) atoms. The number of benzene rings is 2. The van der Waals surface area contributed by atoms with Crippen LogP contribution in [0.25, 0.3) is 11.3 Å². The topological polar surface area (TPSA) is 189 Å². The third kappa shape index (κ3) is 17.1. The van der Waals surface area contributed by atoms with Crippen LogP contribution in [-0.4, -0.2) is 129 Å². The number of aromatic nitrogens is 8. The number of anilines is 4. The van der Waals surface area contributed by atoms with Crippen molar-refractivity contribution >= 4 is 59.3 Å². The number of halogens is 1. The van der Waals surface area contributed by atoms with E-state index < -0.39 is 0 Å². The minimum Gasteiger partial charge on any atom is -0.399 e. The van der Waals surface area contributed by atoms with Gasteiger partial charge in [0, 0.05) is 83.5 Å². The first kappa shape index (κ1) is 60.0. The van der Waals surface area contributed by atoms with Gasteiger partial charge in [-0.3, -0.25) is 19.0 Å². The van der Waals surface area contributed by atoms with Crippen molar-refractivity contribution in [2.24, 2.45) is 14.1 Å². The molecule has 0 bridgehead atoms. The largest absolute Gasteiger partial charge is 0.494 e. The van der Waals surface area contributed by atoms with E-state index in [0.29, 0.717) is 56.1 Å². The molecule has 414 valence electrons. The zero-order valence-corrected chi connectivity index (χ0v) is 47.5. The van der Waals surface area contributed by atoms with Gasteiger partial charge in [-0.2, -0.15) is 10.2 Å². The summed E-state index contributed by atoms with van der Waals surface area (Å²) in [6.07, 6.45) is 13.3. The molecule has 9 rings (SSSR count). The van der Waals surface area contributed by atoms with Crippen molar-refractivity contribution in [1.29, 1.82) is 0 Å². The van der Waals surface area contributed by atoms with E-state index >= 15 is 0 Å². The molecule has 7 heterocycles. The lowest BCUT2D eigenvalue weighted by Gasteiger charge is -2.42. The summed E-state index contributed by atoms with van der Waals surface area (Å²) in [5.74, 6) is 1.38. The van der Waals surface area contributed by atoms with Crippen LogP contribution in [0.4, 0.5) is 23.3 Å². The lowest BCUT2D eigenvalue weighted by molar-refractivity contribution is -0.157. The lowest BCUT2D eigenvalue weighted by Crippen LogP contribution is -2.56. The zero-order chi connectivity index (χ0) is 55.2. The van der Waals surface area contributed by atoms with Crippen molar-refractivity contribution in [2.75, 3.05) is 36.8 Å². The first-order chi connectivity index (χ1) is 35.7. The van der Waals surface area contributed by atoms with Crippen molar-refractivity contribution in [3.05, 3.63) is 113 Å². The molecule has 3 aliphatic heterocycles. The first-order valence-electron chi connectivity index (χ1n) is 26.0. The second kappa shape index (κ2) is 25.0. The minimum atomic E-state index is -0.352. The van der Waals surface area contributed by atoms with Gasteiger partial charge in [-0.25, -0.2) is 19.9 Å². The Morgan fingerprint density at radius 2 is 1.14 bits per heavy atom. The van der Waals surface area contributed by atoms with E-state index in [-0.39, 0.29) is 61.0 Å². The molecule has 0 saturated carbocycles. The van der Waals surface area contributed by atoms with Gasteiger partial charge >= 0.3 is 7.12 Å². The van der Waals surface area contributed by atoms with Gasteiger partial charge in [0.15, 0.2) is 0 Å². The van der Waals surface area contributed by atoms with Crippen LogP contribution < -0.4 is 16.1 Å². The molecule has 2 N–H and O–H groups in total. The van der Waals surface area contributed by atoms with Gasteiger partial charge in [-0.1, -0.05) is 49.4 Å². The van der Waals surface area contributed by atoms with Gasteiger partial charge in [0.2, 0.25) is 23.7 Å². The van der Waals surface area contributed by atoms with Crippen LogP contribution in [0, 0.1) is 13.8 Å². The van der Waals surface area contributed by atoms with Crippen molar-refractivity contribution in [3.8, 4) is 11.3 Å². The maximum absolute atomic E-state index is 12.5. The van der Waals surface area contributed by atoms with Gasteiger partial charge in [0.05, 0.1) is 64.1 Å². The van der Waals surface area contributed by atoms with Crippen molar-refractivity contribution < 1.29 is 28.4 Å². The molecule has 2 aromatic carbocycles. The number of nitrogens with one attached hydrogen (secondary N) is 2. The number of hydrogen-bond acceptors (Lipinski definition) is 14. The Labute approximate surface area is 461 Å². The summed E-state index contributed by atoms with van der Waals surface area (Å²) in [7, 11) is 3.35. The first-order valence-corrected chi connectivity index (χ1v) is 26.3. The van der Waals surface area contributed by atoms with Crippen LogP contribution >= 0.6 is 11.6 Å². The Kier molecular flexibility index (Phi) is 19.5. The molecule has 0 unspecified atom stereocenters. The molecule has 6 aromatic rings. The van der Waals surface area contributed by atoms with Crippen LogP contribution in [0.3, 0.4) is 0 Å². The molecule has 0 radical (unpaired) electrons. The highest BCUT2D eigenvalue weighted by Crippen LogP contribution is 2.37. The zero-order valence-electron chi connectivity index (χ0n) is 46.8. The number of amides is 2. The van der Waals surface area contributed by atoms with Crippen LogP contribution in [0.5, 0.6) is 0 Å². The number of rotatable bonds is 14. The Morgan fingerprint density at radius 1 is 0.688 bits per heavy atom. The molecular weight excluding hydrogens is 995 g/mol. The molecule has 20 heteroatoms. The average Bonchev–Trinajstić information content (AvgIpc) is 3.98. The number of nitrogens with zero attached hydrogens (tertiary/aromatic N) is 10. The van der Waals surface area contributed by atoms with Gasteiger partial charge in [-0.05, 0) is 142 Å². The van der Waals surface area contributed by atoms with Crippen molar-refractivity contribution in [1.82, 2.24) is 49.3 Å². The lowest BCUT2D eigenvalue weighted by atomic mass is 9.77. The second-order valence-corrected chi connectivity index (χ2v) is 23.1. The Balaban J connectivity index is 0.000000199. The number of hydrogen-bond donors (Lipinski definition) is 2. The molecule has 0 spiro atoms. The molecule has 3 saturated heterocycles. The Bertz CT molecular complexity index is 2920. The smallest absolute Gasteiger partial charge is 0.399 e. The minimum absolute atomic E-state index is 0. The number of likely N-dealkylation sites (tertiary alicyclic amines) is 2. The maximum atomic E-state index is 12.5. The fourth-order valence-corrected chi connectivity index (χ4v) is 8.84. The SMILES string of the molecule is C.Cc1cc(-c2ccnc(Nc3cnn(C)c3)n2)ccc1CCC(=O)N1CC(OC(C)(C)C)C1.Cc1cc(B2OC(C)(C)C(C)(C)O2)ccc1CCC(=O)N1CC(OC(C)(C)C)C1.Cn1cc(Nc2nccc(Cl)n2)cn1. The van der Waals surface area contributed by atoms with E-state index in [4.69, 9.17) is 30.4 Å². The van der Waals surface area contributed by atoms with E-state index in [9.17, 15) is 9.59 Å². The highest BCUT2D eigenvalue weighted by Gasteiger charge is 2.51. The highest BCUT2D eigenvalue weighted by atomic mass is 35.5. The number of carbonyl (C=O) groups is 2. The predicted octanol–water partition coefficient (Wildman–Crippen LogP) is 9.38. The van der Waals surface area contributed by atoms with Gasteiger partial charge in [0.25, 0.3) is 0 Å². The fraction of sp³-hybridized carbons (Fsp3) is 0.509. The molecule has 4 aromatic heterocycles. The number of ether oxygens (including phenoxy) is 2. The maximum Gasteiger partial charge on any atom is 0.494 e. The molecule has 3 fully saturated rings. The summed E-state index contributed by atoms with van der Waals surface area (Å²) in [4.78, 5) is 45.7. The van der Waals surface area contributed by atoms with Gasteiger partial charge in [0.1, 0.15) is 5.15 Å². The van der Waals surface area contributed by atoms with Crippen LogP contribution in [0.2, 0.25) is 5.15 Å². The number of aryl methyl sites for hydroxylation is 6. The molecule has 0 atom stereocenters. The van der Waals surface area contributed by atoms with Crippen molar-refractivity contribution in [2.45, 2.75) is 151 Å². The third-order valence-corrected chi connectivity index (χ3v) is 13.6. The molecule has 2 amide bonds. The molecule has 0 aliphatic carbocycles. The monoisotopic (exact) mass is 1070 g/mol. The van der Waals surface area contributed by atoms with Crippen LogP contribution in [0.15, 0.2) is 85.7 Å². The van der Waals surface area contributed by atoms with Crippen molar-refractivity contribution in [3.63, 3.8) is 0 Å². The van der Waals surface area contributed by atoms with Crippen LogP contribution in [0.1, 0.15) is 112 Å². The predicted molar refractivity (Wildman–Crippen MR) is 305 cm³/mol. The summed E-state index contributed by atoms with van der Waals surface area (Å²) >= 11 is 5.70. The Hall–Kier alpha value is -6.25. The Morgan fingerprint density at radius 3 is 1.57 bits per heavy atom. The molecule has 3 aliphatic rings. The van der Waals surface area contributed by atoms with E-state index in [1.807, 2.05) is 83.9 Å². The quantitative estimate of drug-likeness (QED) is 0.0775. The van der Waals surface area contributed by atoms with Gasteiger partial charge < -0.3 is 39.2 Å². The fourth-order valence-electron chi connectivity index (χ4n) is 8.70. The van der Waals surface area contributed by atoms with E-state index in [0.717, 1.165) is 46.5 Å². The summed E-state index contributed by atoms with van der Waals surface area (Å²) < 4.78 is 27.5. The normalized spacial score (nSPS) is 16.0. The second-order valence-electron chi connectivity index (χ2n) is 22.7. The average molecular weight is 1080 g/mol. The summed E-state index contributed by atoms with van der Waals surface area (Å²) in [5, 5.41) is 14.7.